The van der Waals surface area contributed by atoms with E-state index >= 15 is 0 Å². The summed E-state index contributed by atoms with van der Waals surface area (Å²) in [5, 5.41) is 14.0. The van der Waals surface area contributed by atoms with Gasteiger partial charge in [-0.25, -0.2) is 0 Å². The minimum atomic E-state index is -0.911. The molecule has 2 aliphatic rings. The van der Waals surface area contributed by atoms with E-state index in [1.54, 1.807) is 32.1 Å². The molecule has 2 bridgehead atoms. The van der Waals surface area contributed by atoms with Gasteiger partial charge in [-0.15, -0.1) is 0 Å². The lowest BCUT2D eigenvalue weighted by Gasteiger charge is -2.30. The number of fused-ring (bicyclic) bond motifs is 2. The molecule has 0 unspecified atom stereocenters. The zero-order valence-electron chi connectivity index (χ0n) is 27.6. The number of nitrogens with one attached hydrogen (secondary N) is 1. The van der Waals surface area contributed by atoms with Gasteiger partial charge in [0.25, 0.3) is 5.91 Å². The second-order valence-corrected chi connectivity index (χ2v) is 12.1. The van der Waals surface area contributed by atoms with Gasteiger partial charge < -0.3 is 29.5 Å². The molecule has 0 aromatic rings. The van der Waals surface area contributed by atoms with Crippen LogP contribution in [0.1, 0.15) is 60.3 Å². The summed E-state index contributed by atoms with van der Waals surface area (Å²) in [5.41, 5.74) is 1.77. The van der Waals surface area contributed by atoms with Crippen molar-refractivity contribution in [3.05, 3.63) is 58.4 Å². The number of rotatable bonds is 7. The third kappa shape index (κ3) is 10.5. The second-order valence-electron chi connectivity index (χ2n) is 12.1. The van der Waals surface area contributed by atoms with Gasteiger partial charge >= 0.3 is 5.97 Å². The molecule has 0 aromatic heterocycles. The van der Waals surface area contributed by atoms with Crippen molar-refractivity contribution in [2.75, 3.05) is 34.9 Å². The predicted octanol–water partition coefficient (Wildman–Crippen LogP) is 3.61. The van der Waals surface area contributed by atoms with Crippen molar-refractivity contribution in [2.24, 2.45) is 11.8 Å². The zero-order chi connectivity index (χ0) is 33.1. The molecule has 6 atom stereocenters. The molecular weight excluding hydrogens is 564 g/mol. The molecule has 2 N–H and O–H groups in total. The average molecular weight is 615 g/mol. The highest BCUT2D eigenvalue weighted by molar-refractivity contribution is 6.23. The first-order chi connectivity index (χ1) is 20.7. The van der Waals surface area contributed by atoms with Crippen molar-refractivity contribution in [3.63, 3.8) is 0 Å². The van der Waals surface area contributed by atoms with E-state index in [4.69, 9.17) is 14.2 Å². The van der Waals surface area contributed by atoms with Crippen molar-refractivity contribution < 1.29 is 38.5 Å². The van der Waals surface area contributed by atoms with Crippen LogP contribution >= 0.6 is 0 Å². The molecule has 0 fully saturated rings. The number of hydrogen-bond donors (Lipinski definition) is 2. The lowest BCUT2D eigenvalue weighted by atomic mass is 9.82. The van der Waals surface area contributed by atoms with Crippen LogP contribution in [0.5, 0.6) is 0 Å². The van der Waals surface area contributed by atoms with Crippen molar-refractivity contribution in [1.82, 2.24) is 10.2 Å². The number of nitrogens with zero attached hydrogens (tertiary/aromatic N) is 1. The smallest absolute Gasteiger partial charge is 0.303 e. The maximum atomic E-state index is 13.7. The number of hydrogen-bond acceptors (Lipinski definition) is 9. The molecule has 0 radical (unpaired) electrons. The summed E-state index contributed by atoms with van der Waals surface area (Å²) in [7, 11) is 6.91. The number of aliphatic hydroxyl groups is 1. The number of amides is 1. The second kappa shape index (κ2) is 17.3. The van der Waals surface area contributed by atoms with Crippen molar-refractivity contribution >= 4 is 23.4 Å². The van der Waals surface area contributed by atoms with E-state index in [0.29, 0.717) is 41.6 Å². The first-order valence-electron chi connectivity index (χ1n) is 15.1. The Morgan fingerprint density at radius 2 is 1.80 bits per heavy atom. The number of Topliss-reactive ketones (excluding diaryl/α,β-unsaturated/α-hetero) is 1. The van der Waals surface area contributed by atoms with Gasteiger partial charge in [0.1, 0.15) is 6.10 Å². The van der Waals surface area contributed by atoms with Crippen molar-refractivity contribution in [2.45, 2.75) is 84.7 Å². The maximum absolute atomic E-state index is 13.7. The number of carbonyl (C=O) groups excluding carboxylic acids is 4. The fourth-order valence-electron chi connectivity index (χ4n) is 5.54. The number of aliphatic hydroxyl groups excluding tert-OH is 1. The Hall–Kier alpha value is -3.18. The lowest BCUT2D eigenvalue weighted by Crippen LogP contribution is -2.36. The summed E-state index contributed by atoms with van der Waals surface area (Å²) in [6, 6.07) is 0. The van der Waals surface area contributed by atoms with Gasteiger partial charge in [0, 0.05) is 49.9 Å². The van der Waals surface area contributed by atoms with Crippen LogP contribution in [0, 0.1) is 11.8 Å². The van der Waals surface area contributed by atoms with E-state index < -0.39 is 36.3 Å². The topological polar surface area (TPSA) is 131 Å². The fraction of sp³-hybridized carbons (Fsp3) is 0.588. The van der Waals surface area contributed by atoms with Crippen LogP contribution < -0.4 is 5.32 Å². The number of ether oxygens (including phenoxy) is 3. The van der Waals surface area contributed by atoms with E-state index in [0.717, 1.165) is 6.54 Å². The largest absolute Gasteiger partial charge is 0.455 e. The van der Waals surface area contributed by atoms with Crippen LogP contribution in [-0.2, 0) is 33.4 Å². The van der Waals surface area contributed by atoms with Crippen molar-refractivity contribution in [1.29, 1.82) is 0 Å². The minimum Gasteiger partial charge on any atom is -0.455 e. The molecule has 244 valence electrons. The summed E-state index contributed by atoms with van der Waals surface area (Å²) in [5.74, 6) is -2.21. The summed E-state index contributed by atoms with van der Waals surface area (Å²) < 4.78 is 16.9. The SMILES string of the molecule is CO[C@H]1/C=C\C=C(/C)C(=O)NC2=CC(=O)C(CCCN(C)C)=C(C[C@@H](C)C[C@H](OC)[C@H](O)[C@@H](C)/C=C(\C)[C@@H]1OC(C)=O)C2=O. The fourth-order valence-corrected chi connectivity index (χ4v) is 5.54. The number of allylic oxidation sites excluding steroid dienone is 5. The molecule has 0 saturated carbocycles. The number of methoxy groups -OCH3 is 2. The molecule has 1 aliphatic heterocycles. The van der Waals surface area contributed by atoms with E-state index in [1.807, 2.05) is 38.9 Å². The Labute approximate surface area is 261 Å². The normalized spacial score (nSPS) is 31.1. The maximum Gasteiger partial charge on any atom is 0.303 e. The van der Waals surface area contributed by atoms with Gasteiger partial charge in [0.2, 0.25) is 5.78 Å². The lowest BCUT2D eigenvalue weighted by molar-refractivity contribution is -0.149. The molecule has 0 spiro atoms. The standard InChI is InChI=1S/C34H50N2O8/c1-20-16-26-25(13-11-15-36(6)7)28(38)19-27(32(26)40)35-34(41)21(2)12-10-14-29(42-8)33(44-24(5)37)23(4)18-22(3)31(39)30(17-20)43-9/h10,12,14,18-20,22,29-31,33,39H,11,13,15-17H2,1-9H3,(H,35,41)/b14-10-,21-12+,23-18+/t20-,22+,29+,30+,31-,33+/m1/s1. The molecule has 1 aliphatic carbocycles. The van der Waals surface area contributed by atoms with E-state index in [-0.39, 0.29) is 35.5 Å². The average Bonchev–Trinajstić information content (AvgIpc) is 2.95. The Morgan fingerprint density at radius 1 is 1.11 bits per heavy atom. The van der Waals surface area contributed by atoms with Gasteiger partial charge in [-0.2, -0.15) is 0 Å². The third-order valence-corrected chi connectivity index (χ3v) is 7.99. The Balaban J connectivity index is 2.60. The predicted molar refractivity (Wildman–Crippen MR) is 168 cm³/mol. The van der Waals surface area contributed by atoms with Crippen LogP contribution in [0.4, 0.5) is 0 Å². The number of ketones is 2. The highest BCUT2D eigenvalue weighted by atomic mass is 16.6. The van der Waals surface area contributed by atoms with Crippen LogP contribution in [0.15, 0.2) is 58.4 Å². The molecule has 10 nitrogen and oxygen atoms in total. The minimum absolute atomic E-state index is 0.0605. The molecule has 0 saturated heterocycles. The first-order valence-corrected chi connectivity index (χ1v) is 15.1. The molecule has 44 heavy (non-hydrogen) atoms. The molecule has 10 heteroatoms. The molecule has 1 amide bonds. The van der Waals surface area contributed by atoms with Gasteiger partial charge in [-0.3, -0.25) is 19.2 Å². The quantitative estimate of drug-likeness (QED) is 0.251. The van der Waals surface area contributed by atoms with Gasteiger partial charge in [0.15, 0.2) is 11.9 Å². The number of esters is 1. The monoisotopic (exact) mass is 614 g/mol. The molecule has 2 rings (SSSR count). The van der Waals surface area contributed by atoms with E-state index in [9.17, 15) is 24.3 Å². The van der Waals surface area contributed by atoms with Gasteiger partial charge in [-0.1, -0.05) is 38.2 Å². The van der Waals surface area contributed by atoms with Crippen LogP contribution in [0.3, 0.4) is 0 Å². The first kappa shape index (κ1) is 37.0. The zero-order valence-corrected chi connectivity index (χ0v) is 27.6. The molecule has 1 heterocycles. The van der Waals surface area contributed by atoms with Gasteiger partial charge in [0.05, 0.1) is 17.9 Å². The molecular formula is C34H50N2O8. The number of carbonyl (C=O) groups is 4. The van der Waals surface area contributed by atoms with E-state index in [2.05, 4.69) is 5.32 Å². The summed E-state index contributed by atoms with van der Waals surface area (Å²) >= 11 is 0. The Morgan fingerprint density at radius 3 is 2.39 bits per heavy atom. The third-order valence-electron chi connectivity index (χ3n) is 7.99. The summed E-state index contributed by atoms with van der Waals surface area (Å²) in [4.78, 5) is 54.1. The Bertz CT molecular complexity index is 1230. The van der Waals surface area contributed by atoms with Crippen LogP contribution in [-0.4, -0.2) is 92.7 Å². The molecule has 0 aromatic carbocycles. The highest BCUT2D eigenvalue weighted by Gasteiger charge is 2.33. The van der Waals surface area contributed by atoms with Crippen LogP contribution in [0.2, 0.25) is 0 Å². The Kier molecular flexibility index (Phi) is 14.6. The highest BCUT2D eigenvalue weighted by Crippen LogP contribution is 2.31. The van der Waals surface area contributed by atoms with Crippen LogP contribution in [0.25, 0.3) is 0 Å². The van der Waals surface area contributed by atoms with Gasteiger partial charge in [-0.05, 0) is 71.7 Å². The van der Waals surface area contributed by atoms with Crippen molar-refractivity contribution in [3.8, 4) is 0 Å². The van der Waals surface area contributed by atoms with E-state index in [1.165, 1.54) is 27.2 Å². The summed E-state index contributed by atoms with van der Waals surface area (Å²) in [6.07, 6.45) is 6.75. The summed E-state index contributed by atoms with van der Waals surface area (Å²) in [6.45, 7) is 9.26.